The van der Waals surface area contributed by atoms with Crippen LogP contribution in [-0.4, -0.2) is 62.2 Å². The van der Waals surface area contributed by atoms with Crippen LogP contribution in [0.1, 0.15) is 23.3 Å². The lowest BCUT2D eigenvalue weighted by Gasteiger charge is -2.16. The average molecular weight is 416 g/mol. The Morgan fingerprint density at radius 3 is 2.79 bits per heavy atom. The first-order chi connectivity index (χ1) is 14.0. The number of rotatable bonds is 6. The van der Waals surface area contributed by atoms with Gasteiger partial charge >= 0.3 is 0 Å². The Hall–Kier alpha value is -2.92. The van der Waals surface area contributed by atoms with Gasteiger partial charge < -0.3 is 14.4 Å². The summed E-state index contributed by atoms with van der Waals surface area (Å²) in [6.45, 7) is 1.76. The lowest BCUT2D eigenvalue weighted by molar-refractivity contribution is 0.167. The number of aliphatic hydroxyl groups excluding tert-OH is 1. The molecule has 4 heterocycles. The van der Waals surface area contributed by atoms with E-state index in [0.717, 1.165) is 5.56 Å². The van der Waals surface area contributed by atoms with E-state index in [-0.39, 0.29) is 37.0 Å². The van der Waals surface area contributed by atoms with Gasteiger partial charge in [0.2, 0.25) is 5.88 Å². The number of sulfone groups is 1. The summed E-state index contributed by atoms with van der Waals surface area (Å²) >= 11 is 0. The minimum absolute atomic E-state index is 0.114. The molecule has 0 spiro atoms. The molecule has 1 N–H and O–H groups in total. The molecule has 0 fully saturated rings. The molecule has 29 heavy (non-hydrogen) atoms. The molecule has 1 aliphatic rings. The number of hydrogen-bond donors (Lipinski definition) is 1. The van der Waals surface area contributed by atoms with E-state index in [1.165, 1.54) is 0 Å². The molecule has 0 aliphatic carbocycles. The van der Waals surface area contributed by atoms with E-state index < -0.39 is 15.9 Å². The topological polar surface area (TPSA) is 133 Å². The molecule has 0 bridgehead atoms. The number of aliphatic hydroxyl groups is 1. The summed E-state index contributed by atoms with van der Waals surface area (Å²) < 4.78 is 32.7. The number of fused-ring (bicyclic) bond motifs is 3. The van der Waals surface area contributed by atoms with E-state index in [1.54, 1.807) is 35.3 Å². The van der Waals surface area contributed by atoms with Gasteiger partial charge in [0.25, 0.3) is 0 Å². The summed E-state index contributed by atoms with van der Waals surface area (Å²) in [6, 6.07) is 2.99. The van der Waals surface area contributed by atoms with Crippen LogP contribution in [0, 0.1) is 6.92 Å². The fourth-order valence-electron chi connectivity index (χ4n) is 3.11. The summed E-state index contributed by atoms with van der Waals surface area (Å²) in [5.41, 5.74) is 1.52. The van der Waals surface area contributed by atoms with Crippen molar-refractivity contribution in [3.05, 3.63) is 47.9 Å². The highest BCUT2D eigenvalue weighted by atomic mass is 32.2. The first-order valence-corrected chi connectivity index (χ1v) is 10.9. The van der Waals surface area contributed by atoms with Crippen molar-refractivity contribution in [2.24, 2.45) is 0 Å². The molecular formula is C18H20N6O4S. The van der Waals surface area contributed by atoms with E-state index in [2.05, 4.69) is 25.1 Å². The normalized spacial score (nSPS) is 15.9. The van der Waals surface area contributed by atoms with E-state index in [0.29, 0.717) is 23.1 Å². The number of aromatic nitrogens is 6. The summed E-state index contributed by atoms with van der Waals surface area (Å²) in [5.74, 6) is 1.11. The first-order valence-electron chi connectivity index (χ1n) is 9.07. The van der Waals surface area contributed by atoms with Crippen LogP contribution < -0.4 is 4.74 Å². The lowest BCUT2D eigenvalue weighted by Crippen LogP contribution is -2.24. The Bertz CT molecular complexity index is 1110. The van der Waals surface area contributed by atoms with Gasteiger partial charge in [-0.25, -0.2) is 23.4 Å². The van der Waals surface area contributed by atoms with Gasteiger partial charge in [0.1, 0.15) is 24.0 Å². The van der Waals surface area contributed by atoms with Crippen molar-refractivity contribution < 1.29 is 18.3 Å². The fourth-order valence-corrected chi connectivity index (χ4v) is 4.34. The van der Waals surface area contributed by atoms with Crippen LogP contribution in [0.3, 0.4) is 0 Å². The minimum Gasteiger partial charge on any atom is -0.475 e. The maximum absolute atomic E-state index is 12.7. The third-order valence-electron chi connectivity index (χ3n) is 4.59. The molecule has 0 saturated carbocycles. The Morgan fingerprint density at radius 2 is 2.03 bits per heavy atom. The Kier molecular flexibility index (Phi) is 5.24. The van der Waals surface area contributed by atoms with Crippen molar-refractivity contribution in [1.29, 1.82) is 0 Å². The molecule has 10 nitrogen and oxygen atoms in total. The molecule has 4 rings (SSSR count). The minimum atomic E-state index is -3.51. The first kappa shape index (κ1) is 19.4. The van der Waals surface area contributed by atoms with Crippen molar-refractivity contribution in [3.8, 4) is 17.3 Å². The Labute approximate surface area is 167 Å². The van der Waals surface area contributed by atoms with E-state index in [9.17, 15) is 13.5 Å². The van der Waals surface area contributed by atoms with Gasteiger partial charge in [0.15, 0.2) is 15.7 Å². The predicted molar refractivity (Wildman–Crippen MR) is 103 cm³/mol. The second kappa shape index (κ2) is 7.84. The van der Waals surface area contributed by atoms with Gasteiger partial charge in [-0.2, -0.15) is 0 Å². The molecule has 0 unspecified atom stereocenters. The molecule has 1 atom stereocenters. The molecule has 152 valence electrons. The predicted octanol–water partition coefficient (Wildman–Crippen LogP) is 0.522. The molecule has 0 aromatic carbocycles. The molecule has 0 radical (unpaired) electrons. The number of pyridine rings is 1. The number of nitrogens with zero attached hydrogens (tertiary/aromatic N) is 6. The van der Waals surface area contributed by atoms with E-state index in [1.807, 2.05) is 6.92 Å². The maximum atomic E-state index is 12.7. The number of ether oxygens (including phenoxy) is 1. The van der Waals surface area contributed by atoms with Crippen LogP contribution in [0.5, 0.6) is 5.88 Å². The third-order valence-corrected chi connectivity index (χ3v) is 6.11. The van der Waals surface area contributed by atoms with Crippen LogP contribution >= 0.6 is 0 Å². The monoisotopic (exact) mass is 416 g/mol. The third kappa shape index (κ3) is 4.10. The van der Waals surface area contributed by atoms with Gasteiger partial charge in [-0.05, 0) is 24.6 Å². The van der Waals surface area contributed by atoms with Crippen molar-refractivity contribution in [2.75, 3.05) is 19.0 Å². The Morgan fingerprint density at radius 1 is 1.24 bits per heavy atom. The summed E-state index contributed by atoms with van der Waals surface area (Å²) in [7, 11) is -3.51. The largest absolute Gasteiger partial charge is 0.475 e. The van der Waals surface area contributed by atoms with Gasteiger partial charge in [-0.3, -0.25) is 0 Å². The van der Waals surface area contributed by atoms with Crippen molar-refractivity contribution in [2.45, 2.75) is 25.1 Å². The molecular weight excluding hydrogens is 396 g/mol. The van der Waals surface area contributed by atoms with Crippen LogP contribution in [-0.2, 0) is 22.0 Å². The van der Waals surface area contributed by atoms with Gasteiger partial charge in [0, 0.05) is 25.0 Å². The molecule has 0 amide bonds. The van der Waals surface area contributed by atoms with Gasteiger partial charge in [0.05, 0.1) is 24.0 Å². The zero-order chi connectivity index (χ0) is 20.4. The highest BCUT2D eigenvalue weighted by Crippen LogP contribution is 2.33. The molecule has 11 heteroatoms. The van der Waals surface area contributed by atoms with Crippen LogP contribution in [0.15, 0.2) is 30.7 Å². The van der Waals surface area contributed by atoms with Crippen molar-refractivity contribution in [3.63, 3.8) is 0 Å². The Balaban J connectivity index is 1.60. The molecule has 3 aromatic rings. The highest BCUT2D eigenvalue weighted by molar-refractivity contribution is 7.90. The van der Waals surface area contributed by atoms with Crippen LogP contribution in [0.4, 0.5) is 0 Å². The average Bonchev–Trinajstić information content (AvgIpc) is 3.03. The van der Waals surface area contributed by atoms with Gasteiger partial charge in [-0.15, -0.1) is 10.2 Å². The van der Waals surface area contributed by atoms with Crippen LogP contribution in [0.2, 0.25) is 0 Å². The zero-order valence-electron chi connectivity index (χ0n) is 15.8. The van der Waals surface area contributed by atoms with E-state index in [4.69, 9.17) is 4.74 Å². The quantitative estimate of drug-likeness (QED) is 0.610. The van der Waals surface area contributed by atoms with Crippen molar-refractivity contribution in [1.82, 2.24) is 29.7 Å². The highest BCUT2D eigenvalue weighted by Gasteiger charge is 2.29. The SMILES string of the molecule is Cc1cnc(CCS(=O)(=O)Cc2nnc3n2[C@H](CO)COc2ncccc2-3)nc1. The molecule has 0 saturated heterocycles. The molecule has 3 aromatic heterocycles. The van der Waals surface area contributed by atoms with Gasteiger partial charge in [-0.1, -0.05) is 0 Å². The summed E-state index contributed by atoms with van der Waals surface area (Å²) in [5, 5.41) is 18.1. The number of hydrogen-bond acceptors (Lipinski definition) is 9. The molecule has 1 aliphatic heterocycles. The van der Waals surface area contributed by atoms with Crippen molar-refractivity contribution >= 4 is 9.84 Å². The van der Waals surface area contributed by atoms with Crippen LogP contribution in [0.25, 0.3) is 11.4 Å². The lowest BCUT2D eigenvalue weighted by atomic mass is 10.2. The second-order valence-electron chi connectivity index (χ2n) is 6.83. The maximum Gasteiger partial charge on any atom is 0.224 e. The van der Waals surface area contributed by atoms with E-state index >= 15 is 0 Å². The standard InChI is InChI=1S/C18H20N6O4S/c1-12-7-20-15(21-8-12)4-6-29(26,27)11-16-22-23-17-14-3-2-5-19-18(14)28-10-13(9-25)24(16)17/h2-3,5,7-8,13,25H,4,6,9-11H2,1H3/t13-/m1/s1. The smallest absolute Gasteiger partial charge is 0.224 e. The zero-order valence-corrected chi connectivity index (χ0v) is 16.6. The second-order valence-corrected chi connectivity index (χ2v) is 9.02. The summed E-state index contributed by atoms with van der Waals surface area (Å²) in [6.07, 6.45) is 5.12. The summed E-state index contributed by atoms with van der Waals surface area (Å²) in [4.78, 5) is 12.5. The number of aryl methyl sites for hydroxylation is 2. The fraction of sp³-hybridized carbons (Fsp3) is 0.389.